The highest BCUT2D eigenvalue weighted by Crippen LogP contribution is 2.39. The van der Waals surface area contributed by atoms with Crippen molar-refractivity contribution in [2.75, 3.05) is 5.32 Å². The summed E-state index contributed by atoms with van der Waals surface area (Å²) >= 11 is 0. The minimum Gasteiger partial charge on any atom is -0.354 e. The van der Waals surface area contributed by atoms with Crippen LogP contribution >= 0.6 is 0 Å². The standard InChI is InChI=1S/C60H49N11O/c1-69-35-33-61-58(69)57(59-62-34-36-70(59)2)60-68-51(37-71(60)3)67-52(72)32-23-38-15-13-14-22-42(38)56-49-30-28-47(65-49)54(40-18-9-5-10-19-40)45-26-24-43(63-45)53(39-16-7-4-8-17-39)44-25-27-46(64-44)55(41-20-11-6-12-21-41)48-29-31-50(56)66-48/h4-22,24-31,33-37,57,63,66H,23,32H2,1-3H3,(H,67,72). The van der Waals surface area contributed by atoms with Gasteiger partial charge in [0.2, 0.25) is 5.91 Å². The van der Waals surface area contributed by atoms with Crippen LogP contribution in [0, 0.1) is 0 Å². The van der Waals surface area contributed by atoms with E-state index in [4.69, 9.17) is 15.0 Å². The zero-order valence-corrected chi connectivity index (χ0v) is 40.0. The fraction of sp³-hybridized carbons (Fsp3) is 0.100. The van der Waals surface area contributed by atoms with Crippen LogP contribution in [0.2, 0.25) is 0 Å². The first kappa shape index (κ1) is 43.8. The smallest absolute Gasteiger partial charge is 0.225 e. The molecule has 4 aromatic carbocycles. The molecule has 1 amide bonds. The number of imidazole rings is 3. The Morgan fingerprint density at radius 3 is 1.39 bits per heavy atom. The van der Waals surface area contributed by atoms with Crippen LogP contribution in [0.1, 0.15) is 58.2 Å². The molecule has 72 heavy (non-hydrogen) atoms. The van der Waals surface area contributed by atoms with Gasteiger partial charge in [-0.2, -0.15) is 0 Å². The van der Waals surface area contributed by atoms with Crippen LogP contribution < -0.4 is 5.32 Å². The van der Waals surface area contributed by atoms with E-state index >= 15 is 0 Å². The first-order valence-corrected chi connectivity index (χ1v) is 24.0. The number of aromatic amines is 2. The number of H-pyrrole nitrogens is 2. The maximum absolute atomic E-state index is 14.0. The molecule has 0 unspecified atom stereocenters. The number of fused-ring (bicyclic) bond motifs is 8. The maximum Gasteiger partial charge on any atom is 0.225 e. The number of carbonyl (C=O) groups is 1. The number of aryl methyl sites for hydroxylation is 4. The average molecular weight is 940 g/mol. The van der Waals surface area contributed by atoms with Gasteiger partial charge in [-0.3, -0.25) is 4.79 Å². The van der Waals surface area contributed by atoms with Crippen molar-refractivity contribution in [2.45, 2.75) is 18.8 Å². The highest BCUT2D eigenvalue weighted by Gasteiger charge is 2.29. The number of aromatic nitrogens is 10. The second kappa shape index (κ2) is 18.5. The second-order valence-electron chi connectivity index (χ2n) is 18.1. The summed E-state index contributed by atoms with van der Waals surface area (Å²) in [5.74, 6) is 2.26. The summed E-state index contributed by atoms with van der Waals surface area (Å²) < 4.78 is 5.88. The third kappa shape index (κ3) is 8.14. The molecule has 0 radical (unpaired) electrons. The number of carbonyl (C=O) groups excluding carboxylic acids is 1. The number of benzene rings is 4. The van der Waals surface area contributed by atoms with Gasteiger partial charge in [0.25, 0.3) is 0 Å². The van der Waals surface area contributed by atoms with E-state index in [1.54, 1.807) is 12.4 Å². The first-order valence-electron chi connectivity index (χ1n) is 24.0. The molecule has 350 valence electrons. The van der Waals surface area contributed by atoms with Crippen molar-refractivity contribution in [3.63, 3.8) is 0 Å². The van der Waals surface area contributed by atoms with E-state index < -0.39 is 0 Å². The summed E-state index contributed by atoms with van der Waals surface area (Å²) in [6.45, 7) is 0. The van der Waals surface area contributed by atoms with Crippen LogP contribution in [-0.2, 0) is 32.4 Å². The molecule has 12 heteroatoms. The average Bonchev–Trinajstić information content (AvgIpc) is 4.28. The Bertz CT molecular complexity index is 3830. The zero-order chi connectivity index (χ0) is 48.7. The molecular weight excluding hydrogens is 891 g/mol. The highest BCUT2D eigenvalue weighted by molar-refractivity contribution is 6.00. The van der Waals surface area contributed by atoms with Crippen molar-refractivity contribution in [2.24, 2.45) is 21.1 Å². The van der Waals surface area contributed by atoms with Crippen LogP contribution in [0.3, 0.4) is 0 Å². The molecule has 0 fully saturated rings. The van der Waals surface area contributed by atoms with Crippen molar-refractivity contribution in [1.29, 1.82) is 0 Å². The van der Waals surface area contributed by atoms with E-state index in [9.17, 15) is 4.79 Å². The van der Waals surface area contributed by atoms with Crippen molar-refractivity contribution >= 4 is 58.1 Å². The second-order valence-corrected chi connectivity index (χ2v) is 18.1. The van der Waals surface area contributed by atoms with Gasteiger partial charge in [0.1, 0.15) is 23.4 Å². The molecule has 3 N–H and O–H groups in total. The van der Waals surface area contributed by atoms with Crippen molar-refractivity contribution in [3.05, 3.63) is 216 Å². The molecule has 8 heterocycles. The van der Waals surface area contributed by atoms with Gasteiger partial charge in [0.15, 0.2) is 5.82 Å². The number of hydrogen-bond donors (Lipinski definition) is 3. The molecular formula is C60H49N11O. The summed E-state index contributed by atoms with van der Waals surface area (Å²) in [6.07, 6.45) is 18.3. The lowest BCUT2D eigenvalue weighted by Gasteiger charge is -2.16. The molecule has 12 nitrogen and oxygen atoms in total. The Labute approximate surface area is 415 Å². The number of nitrogens with one attached hydrogen (secondary N) is 3. The summed E-state index contributed by atoms with van der Waals surface area (Å²) in [5.41, 5.74) is 16.0. The Balaban J connectivity index is 0.995. The van der Waals surface area contributed by atoms with Gasteiger partial charge in [0, 0.05) is 103 Å². The van der Waals surface area contributed by atoms with Gasteiger partial charge < -0.3 is 29.0 Å². The van der Waals surface area contributed by atoms with Crippen molar-refractivity contribution in [3.8, 4) is 44.5 Å². The zero-order valence-electron chi connectivity index (χ0n) is 40.0. The molecule has 10 aromatic rings. The number of amides is 1. The van der Waals surface area contributed by atoms with E-state index in [-0.39, 0.29) is 18.2 Å². The minimum absolute atomic E-state index is 0.150. The molecule has 0 saturated heterocycles. The van der Waals surface area contributed by atoms with E-state index in [1.165, 1.54) is 0 Å². The van der Waals surface area contributed by atoms with Crippen LogP contribution in [0.15, 0.2) is 171 Å². The number of rotatable bonds is 11. The lowest BCUT2D eigenvalue weighted by molar-refractivity contribution is -0.116. The van der Waals surface area contributed by atoms with Gasteiger partial charge in [-0.15, -0.1) is 0 Å². The van der Waals surface area contributed by atoms with E-state index in [0.717, 1.165) is 107 Å². The molecule has 8 bridgehead atoms. The van der Waals surface area contributed by atoms with Gasteiger partial charge in [-0.25, -0.2) is 24.9 Å². The van der Waals surface area contributed by atoms with Gasteiger partial charge in [-0.05, 0) is 82.8 Å². The van der Waals surface area contributed by atoms with Crippen LogP contribution in [0.5, 0.6) is 0 Å². The summed E-state index contributed by atoms with van der Waals surface area (Å²) in [4.78, 5) is 46.9. The van der Waals surface area contributed by atoms with E-state index in [1.807, 2.05) is 83.8 Å². The Morgan fingerprint density at radius 2 is 0.931 bits per heavy atom. The molecule has 0 aliphatic carbocycles. The van der Waals surface area contributed by atoms with Crippen molar-refractivity contribution in [1.82, 2.24) is 48.6 Å². The molecule has 0 atom stereocenters. The molecule has 6 aromatic heterocycles. The molecule has 12 rings (SSSR count). The molecule has 0 saturated carbocycles. The normalized spacial score (nSPS) is 12.0. The predicted molar refractivity (Wildman–Crippen MR) is 288 cm³/mol. The van der Waals surface area contributed by atoms with Gasteiger partial charge >= 0.3 is 0 Å². The Morgan fingerprint density at radius 1 is 0.500 bits per heavy atom. The monoisotopic (exact) mass is 939 g/mol. The molecule has 2 aliphatic rings. The third-order valence-electron chi connectivity index (χ3n) is 13.5. The predicted octanol–water partition coefficient (Wildman–Crippen LogP) is 12.3. The Kier molecular flexibility index (Phi) is 11.3. The largest absolute Gasteiger partial charge is 0.354 e. The Hall–Kier alpha value is -9.42. The molecule has 0 spiro atoms. The SMILES string of the molecule is Cn1ccnc1C(c1nccn1C)c1nc(NC(=O)CCc2ccccc2-c2c3nc(c(-c4ccccc4)c4ccc([nH]4)c(-c4ccccc4)c4nc(c(-c5ccccc5)c5ccc2[nH]5)C=C4)C=C3)cn1C. The topological polar surface area (TPSA) is 140 Å². The van der Waals surface area contributed by atoms with E-state index in [2.05, 4.69) is 159 Å². The van der Waals surface area contributed by atoms with Gasteiger partial charge in [0.05, 0.1) is 22.8 Å². The third-order valence-corrected chi connectivity index (χ3v) is 13.5. The number of anilines is 1. The highest BCUT2D eigenvalue weighted by atomic mass is 16.1. The summed E-state index contributed by atoms with van der Waals surface area (Å²) in [6, 6.07) is 48.1. The van der Waals surface area contributed by atoms with E-state index in [0.29, 0.717) is 18.1 Å². The lowest BCUT2D eigenvalue weighted by Crippen LogP contribution is -2.17. The summed E-state index contributed by atoms with van der Waals surface area (Å²) in [7, 11) is 5.85. The maximum atomic E-state index is 14.0. The quantitative estimate of drug-likeness (QED) is 0.118. The van der Waals surface area contributed by atoms with Gasteiger partial charge in [-0.1, -0.05) is 115 Å². The number of nitrogens with zero attached hydrogens (tertiary/aromatic N) is 8. The fourth-order valence-electron chi connectivity index (χ4n) is 10.1. The lowest BCUT2D eigenvalue weighted by atomic mass is 9.95. The first-order chi connectivity index (χ1) is 35.3. The minimum atomic E-state index is -0.357. The molecule has 2 aliphatic heterocycles. The fourth-order valence-corrected chi connectivity index (χ4v) is 10.1. The van der Waals surface area contributed by atoms with Crippen LogP contribution in [0.4, 0.5) is 5.82 Å². The van der Waals surface area contributed by atoms with Crippen LogP contribution in [-0.4, -0.2) is 54.5 Å². The number of hydrogen-bond acceptors (Lipinski definition) is 6. The van der Waals surface area contributed by atoms with Crippen molar-refractivity contribution < 1.29 is 4.79 Å². The van der Waals surface area contributed by atoms with Crippen LogP contribution in [0.25, 0.3) is 90.9 Å². The summed E-state index contributed by atoms with van der Waals surface area (Å²) in [5, 5.41) is 3.10.